The fraction of sp³-hybridized carbons (Fsp3) is 0.438. The van der Waals surface area contributed by atoms with Crippen LogP contribution < -0.4 is 15.4 Å². The van der Waals surface area contributed by atoms with Gasteiger partial charge in [-0.1, -0.05) is 26.0 Å². The number of amides is 2. The van der Waals surface area contributed by atoms with Crippen LogP contribution in [0.1, 0.15) is 31.1 Å². The standard InChI is InChI=1S/C16H22N2O5/c1-4-23-12-8-6-5-7-11(12)15(20)17-9-13(19)18-14(10(2)3)16(21)22/h5-8,10,14H,4,9H2,1-3H3,(H,17,20)(H,18,19)(H,21,22)/t14-/m1/s1. The van der Waals surface area contributed by atoms with E-state index in [2.05, 4.69) is 10.6 Å². The quantitative estimate of drug-likeness (QED) is 0.663. The Morgan fingerprint density at radius 2 is 1.87 bits per heavy atom. The van der Waals surface area contributed by atoms with Crippen LogP contribution in [-0.4, -0.2) is 42.1 Å². The van der Waals surface area contributed by atoms with Gasteiger partial charge in [0, 0.05) is 0 Å². The predicted octanol–water partition coefficient (Wildman–Crippen LogP) is 1.04. The normalized spacial score (nSPS) is 11.7. The summed E-state index contributed by atoms with van der Waals surface area (Å²) < 4.78 is 5.35. The third-order valence-corrected chi connectivity index (χ3v) is 3.09. The van der Waals surface area contributed by atoms with Crippen molar-refractivity contribution in [2.24, 2.45) is 5.92 Å². The number of para-hydroxylation sites is 1. The van der Waals surface area contributed by atoms with Gasteiger partial charge >= 0.3 is 5.97 Å². The number of ether oxygens (including phenoxy) is 1. The first-order valence-electron chi connectivity index (χ1n) is 7.39. The molecule has 0 fully saturated rings. The van der Waals surface area contributed by atoms with E-state index >= 15 is 0 Å². The molecule has 0 aliphatic rings. The molecule has 0 bridgehead atoms. The first-order valence-corrected chi connectivity index (χ1v) is 7.39. The highest BCUT2D eigenvalue weighted by molar-refractivity contribution is 5.99. The average Bonchev–Trinajstić information content (AvgIpc) is 2.50. The van der Waals surface area contributed by atoms with E-state index < -0.39 is 23.8 Å². The van der Waals surface area contributed by atoms with Crippen LogP contribution in [0.5, 0.6) is 5.75 Å². The van der Waals surface area contributed by atoms with Gasteiger partial charge in [0.25, 0.3) is 5.91 Å². The van der Waals surface area contributed by atoms with E-state index in [-0.39, 0.29) is 12.5 Å². The second kappa shape index (κ2) is 8.77. The third kappa shape index (κ3) is 5.61. The second-order valence-electron chi connectivity index (χ2n) is 5.24. The molecule has 0 aliphatic heterocycles. The minimum Gasteiger partial charge on any atom is -0.493 e. The number of hydrogen-bond acceptors (Lipinski definition) is 4. The Morgan fingerprint density at radius 3 is 2.43 bits per heavy atom. The van der Waals surface area contributed by atoms with Gasteiger partial charge in [0.05, 0.1) is 18.7 Å². The van der Waals surface area contributed by atoms with E-state index in [4.69, 9.17) is 9.84 Å². The fourth-order valence-corrected chi connectivity index (χ4v) is 1.93. The molecule has 0 saturated carbocycles. The number of hydrogen-bond donors (Lipinski definition) is 3. The van der Waals surface area contributed by atoms with Gasteiger partial charge in [0.15, 0.2) is 0 Å². The molecule has 3 N–H and O–H groups in total. The van der Waals surface area contributed by atoms with Crippen LogP contribution in [0.15, 0.2) is 24.3 Å². The molecule has 0 aliphatic carbocycles. The molecule has 1 rings (SSSR count). The summed E-state index contributed by atoms with van der Waals surface area (Å²) in [5.41, 5.74) is 0.320. The summed E-state index contributed by atoms with van der Waals surface area (Å²) in [7, 11) is 0. The molecule has 0 saturated heterocycles. The largest absolute Gasteiger partial charge is 0.493 e. The molecule has 0 heterocycles. The first-order chi connectivity index (χ1) is 10.9. The van der Waals surface area contributed by atoms with E-state index in [1.165, 1.54) is 0 Å². The van der Waals surface area contributed by atoms with Crippen molar-refractivity contribution in [1.29, 1.82) is 0 Å². The van der Waals surface area contributed by atoms with Crippen molar-refractivity contribution >= 4 is 17.8 Å². The van der Waals surface area contributed by atoms with Crippen LogP contribution >= 0.6 is 0 Å². The SMILES string of the molecule is CCOc1ccccc1C(=O)NCC(=O)N[C@@H](C(=O)O)C(C)C. The average molecular weight is 322 g/mol. The maximum atomic E-state index is 12.1. The number of aliphatic carboxylic acids is 1. The lowest BCUT2D eigenvalue weighted by atomic mass is 10.1. The van der Waals surface area contributed by atoms with E-state index in [1.54, 1.807) is 45.0 Å². The van der Waals surface area contributed by atoms with Gasteiger partial charge < -0.3 is 20.5 Å². The summed E-state index contributed by atoms with van der Waals surface area (Å²) in [4.78, 5) is 34.9. The zero-order valence-corrected chi connectivity index (χ0v) is 13.5. The predicted molar refractivity (Wildman–Crippen MR) is 84.3 cm³/mol. The van der Waals surface area contributed by atoms with Crippen molar-refractivity contribution in [2.75, 3.05) is 13.2 Å². The van der Waals surface area contributed by atoms with Gasteiger partial charge in [0.2, 0.25) is 5.91 Å². The summed E-state index contributed by atoms with van der Waals surface area (Å²) in [6.45, 7) is 5.29. The number of carbonyl (C=O) groups excluding carboxylic acids is 2. The Hall–Kier alpha value is -2.57. The number of benzene rings is 1. The molecule has 1 atom stereocenters. The first kappa shape index (κ1) is 18.5. The van der Waals surface area contributed by atoms with Gasteiger partial charge in [-0.3, -0.25) is 9.59 Å². The molecule has 1 aromatic rings. The Morgan fingerprint density at radius 1 is 1.22 bits per heavy atom. The number of carbonyl (C=O) groups is 3. The third-order valence-electron chi connectivity index (χ3n) is 3.09. The molecule has 7 nitrogen and oxygen atoms in total. The summed E-state index contributed by atoms with van der Waals surface area (Å²) in [6.07, 6.45) is 0. The molecule has 0 spiro atoms. The Kier molecular flexibility index (Phi) is 7.05. The van der Waals surface area contributed by atoms with Gasteiger partial charge in [-0.2, -0.15) is 0 Å². The van der Waals surface area contributed by atoms with E-state index in [1.807, 2.05) is 0 Å². The maximum absolute atomic E-state index is 12.1. The molecule has 0 radical (unpaired) electrons. The number of nitrogens with one attached hydrogen (secondary N) is 2. The summed E-state index contributed by atoms with van der Waals surface area (Å²) in [5, 5.41) is 13.9. The molecule has 7 heteroatoms. The molecule has 2 amide bonds. The Bertz CT molecular complexity index is 571. The lowest BCUT2D eigenvalue weighted by molar-refractivity contribution is -0.142. The van der Waals surface area contributed by atoms with Crippen molar-refractivity contribution in [3.8, 4) is 5.75 Å². The highest BCUT2D eigenvalue weighted by atomic mass is 16.5. The van der Waals surface area contributed by atoms with Crippen molar-refractivity contribution in [2.45, 2.75) is 26.8 Å². The maximum Gasteiger partial charge on any atom is 0.326 e. The minimum absolute atomic E-state index is 0.258. The van der Waals surface area contributed by atoms with Crippen molar-refractivity contribution in [3.63, 3.8) is 0 Å². The van der Waals surface area contributed by atoms with E-state index in [9.17, 15) is 14.4 Å². The zero-order chi connectivity index (χ0) is 17.4. The lowest BCUT2D eigenvalue weighted by Gasteiger charge is -2.18. The van der Waals surface area contributed by atoms with Crippen LogP contribution in [0.25, 0.3) is 0 Å². The van der Waals surface area contributed by atoms with Gasteiger partial charge in [-0.15, -0.1) is 0 Å². The molecule has 0 aromatic heterocycles. The van der Waals surface area contributed by atoms with Crippen LogP contribution in [0, 0.1) is 5.92 Å². The van der Waals surface area contributed by atoms with Crippen LogP contribution in [0.2, 0.25) is 0 Å². The fourth-order valence-electron chi connectivity index (χ4n) is 1.93. The van der Waals surface area contributed by atoms with E-state index in [0.717, 1.165) is 0 Å². The molecule has 23 heavy (non-hydrogen) atoms. The minimum atomic E-state index is -1.11. The zero-order valence-electron chi connectivity index (χ0n) is 13.5. The van der Waals surface area contributed by atoms with Gasteiger partial charge in [-0.25, -0.2) is 4.79 Å². The van der Waals surface area contributed by atoms with Crippen molar-refractivity contribution < 1.29 is 24.2 Å². The molecule has 1 aromatic carbocycles. The number of carboxylic acid groups (broad SMARTS) is 1. The molecule has 126 valence electrons. The Balaban J connectivity index is 2.62. The number of rotatable bonds is 8. The lowest BCUT2D eigenvalue weighted by Crippen LogP contribution is -2.48. The topological polar surface area (TPSA) is 105 Å². The molecular weight excluding hydrogens is 300 g/mol. The summed E-state index contributed by atoms with van der Waals surface area (Å²) in [6, 6.07) is 5.70. The highest BCUT2D eigenvalue weighted by Gasteiger charge is 2.23. The number of carboxylic acids is 1. The molecular formula is C16H22N2O5. The highest BCUT2D eigenvalue weighted by Crippen LogP contribution is 2.17. The Labute approximate surface area is 135 Å². The summed E-state index contributed by atoms with van der Waals surface area (Å²) in [5.74, 6) is -1.96. The van der Waals surface area contributed by atoms with Gasteiger partial charge in [0.1, 0.15) is 11.8 Å². The van der Waals surface area contributed by atoms with Crippen molar-refractivity contribution in [1.82, 2.24) is 10.6 Å². The van der Waals surface area contributed by atoms with Gasteiger partial charge in [-0.05, 0) is 25.0 Å². The molecule has 0 unspecified atom stereocenters. The smallest absolute Gasteiger partial charge is 0.326 e. The van der Waals surface area contributed by atoms with Crippen LogP contribution in [0.4, 0.5) is 0 Å². The van der Waals surface area contributed by atoms with Crippen LogP contribution in [-0.2, 0) is 9.59 Å². The second-order valence-corrected chi connectivity index (χ2v) is 5.24. The summed E-state index contributed by atoms with van der Waals surface area (Å²) >= 11 is 0. The van der Waals surface area contributed by atoms with Crippen molar-refractivity contribution in [3.05, 3.63) is 29.8 Å². The van der Waals surface area contributed by atoms with Crippen LogP contribution in [0.3, 0.4) is 0 Å². The monoisotopic (exact) mass is 322 g/mol. The van der Waals surface area contributed by atoms with E-state index in [0.29, 0.717) is 17.9 Å².